The van der Waals surface area contributed by atoms with Gasteiger partial charge in [-0.15, -0.1) is 5.10 Å². The molecule has 32 heavy (non-hydrogen) atoms. The van der Waals surface area contributed by atoms with Gasteiger partial charge < -0.3 is 14.4 Å². The zero-order valence-electron chi connectivity index (χ0n) is 17.5. The van der Waals surface area contributed by atoms with Crippen LogP contribution in [-0.4, -0.2) is 69.1 Å². The van der Waals surface area contributed by atoms with Crippen LogP contribution in [0.2, 0.25) is 5.02 Å². The number of rotatable bonds is 6. The lowest BCUT2D eigenvalue weighted by Gasteiger charge is -2.32. The van der Waals surface area contributed by atoms with Crippen LogP contribution >= 0.6 is 23.4 Å². The lowest BCUT2D eigenvalue weighted by Crippen LogP contribution is -2.47. The SMILES string of the molecule is CSc1nc2nc(C)cc(OCC3CN(C(=O)C=Cc4c(F)cccc4Cl)CCO3)n2n1. The van der Waals surface area contributed by atoms with Gasteiger partial charge in [0.15, 0.2) is 0 Å². The van der Waals surface area contributed by atoms with E-state index in [0.717, 1.165) is 5.69 Å². The van der Waals surface area contributed by atoms with Crippen molar-refractivity contribution in [2.24, 2.45) is 0 Å². The second-order valence-electron chi connectivity index (χ2n) is 7.10. The smallest absolute Gasteiger partial charge is 0.256 e. The van der Waals surface area contributed by atoms with Gasteiger partial charge in [0.1, 0.15) is 18.5 Å². The maximum atomic E-state index is 13.9. The monoisotopic (exact) mass is 477 g/mol. The summed E-state index contributed by atoms with van der Waals surface area (Å²) >= 11 is 7.43. The number of carbonyl (C=O) groups excluding carboxylic acids is 1. The quantitative estimate of drug-likeness (QED) is 0.398. The molecule has 168 valence electrons. The molecule has 1 aliphatic heterocycles. The van der Waals surface area contributed by atoms with E-state index in [-0.39, 0.29) is 29.2 Å². The second-order valence-corrected chi connectivity index (χ2v) is 8.28. The third-order valence-electron chi connectivity index (χ3n) is 4.83. The van der Waals surface area contributed by atoms with Gasteiger partial charge in [-0.1, -0.05) is 29.4 Å². The Morgan fingerprint density at radius 1 is 1.44 bits per heavy atom. The van der Waals surface area contributed by atoms with Gasteiger partial charge in [-0.3, -0.25) is 4.79 Å². The van der Waals surface area contributed by atoms with Crippen LogP contribution in [0.5, 0.6) is 5.88 Å². The Morgan fingerprint density at radius 3 is 3.06 bits per heavy atom. The van der Waals surface area contributed by atoms with Crippen LogP contribution in [0, 0.1) is 12.7 Å². The first-order chi connectivity index (χ1) is 15.4. The predicted octanol–water partition coefficient (Wildman–Crippen LogP) is 3.27. The summed E-state index contributed by atoms with van der Waals surface area (Å²) in [6.07, 6.45) is 4.28. The Labute approximate surface area is 193 Å². The topological polar surface area (TPSA) is 81.9 Å². The van der Waals surface area contributed by atoms with Crippen molar-refractivity contribution >= 4 is 41.1 Å². The van der Waals surface area contributed by atoms with E-state index in [9.17, 15) is 9.18 Å². The van der Waals surface area contributed by atoms with Gasteiger partial charge in [-0.05, 0) is 31.4 Å². The number of benzene rings is 1. The highest BCUT2D eigenvalue weighted by Crippen LogP contribution is 2.21. The lowest BCUT2D eigenvalue weighted by atomic mass is 10.2. The van der Waals surface area contributed by atoms with Crippen LogP contribution in [-0.2, 0) is 9.53 Å². The van der Waals surface area contributed by atoms with E-state index in [4.69, 9.17) is 21.1 Å². The third kappa shape index (κ3) is 5.03. The Balaban J connectivity index is 1.40. The van der Waals surface area contributed by atoms with E-state index < -0.39 is 5.82 Å². The Kier molecular flexibility index (Phi) is 6.92. The molecule has 1 saturated heterocycles. The largest absolute Gasteiger partial charge is 0.475 e. The molecule has 0 spiro atoms. The molecule has 11 heteroatoms. The van der Waals surface area contributed by atoms with E-state index in [1.807, 2.05) is 13.2 Å². The molecule has 8 nitrogen and oxygen atoms in total. The number of amides is 1. The second kappa shape index (κ2) is 9.85. The zero-order valence-corrected chi connectivity index (χ0v) is 19.1. The molecule has 1 atom stereocenters. The molecule has 1 fully saturated rings. The van der Waals surface area contributed by atoms with Crippen molar-refractivity contribution in [1.82, 2.24) is 24.5 Å². The molecular weight excluding hydrogens is 457 g/mol. The van der Waals surface area contributed by atoms with Crippen molar-refractivity contribution in [3.05, 3.63) is 52.4 Å². The summed E-state index contributed by atoms with van der Waals surface area (Å²) in [7, 11) is 0. The summed E-state index contributed by atoms with van der Waals surface area (Å²) in [4.78, 5) is 22.9. The van der Waals surface area contributed by atoms with E-state index in [1.54, 1.807) is 21.5 Å². The molecule has 1 aromatic carbocycles. The number of nitrogens with zero attached hydrogens (tertiary/aromatic N) is 5. The number of halogens is 2. The molecule has 1 unspecified atom stereocenters. The van der Waals surface area contributed by atoms with Crippen molar-refractivity contribution in [3.63, 3.8) is 0 Å². The van der Waals surface area contributed by atoms with Crippen LogP contribution in [0.3, 0.4) is 0 Å². The standard InChI is InChI=1S/C21H21ClFN5O3S/c1-13-10-19(28-20(24-13)25-21(26-28)32-2)31-12-14-11-27(8-9-30-14)18(29)7-6-15-16(22)4-3-5-17(15)23/h3-7,10,14H,8-9,11-12H2,1-2H3. The molecule has 0 N–H and O–H groups in total. The van der Waals surface area contributed by atoms with Crippen LogP contribution in [0.15, 0.2) is 35.5 Å². The fourth-order valence-corrected chi connectivity index (χ4v) is 3.82. The number of carbonyl (C=O) groups is 1. The van der Waals surface area contributed by atoms with Crippen molar-refractivity contribution in [1.29, 1.82) is 0 Å². The van der Waals surface area contributed by atoms with Gasteiger partial charge in [-0.2, -0.15) is 9.50 Å². The maximum absolute atomic E-state index is 13.9. The summed E-state index contributed by atoms with van der Waals surface area (Å²) in [5.41, 5.74) is 0.941. The van der Waals surface area contributed by atoms with E-state index in [2.05, 4.69) is 15.1 Å². The van der Waals surface area contributed by atoms with Crippen molar-refractivity contribution in [3.8, 4) is 5.88 Å². The molecule has 0 bridgehead atoms. The number of aromatic nitrogens is 4. The molecule has 1 amide bonds. The summed E-state index contributed by atoms with van der Waals surface area (Å²) in [5, 5.41) is 5.22. The summed E-state index contributed by atoms with van der Waals surface area (Å²) < 4.78 is 27.2. The summed E-state index contributed by atoms with van der Waals surface area (Å²) in [6.45, 7) is 3.22. The first kappa shape index (κ1) is 22.5. The number of ether oxygens (including phenoxy) is 2. The average molecular weight is 478 g/mol. The van der Waals surface area contributed by atoms with Crippen molar-refractivity contribution in [2.45, 2.75) is 18.2 Å². The minimum absolute atomic E-state index is 0.185. The van der Waals surface area contributed by atoms with Crippen LogP contribution in [0.1, 0.15) is 11.3 Å². The fourth-order valence-electron chi connectivity index (χ4n) is 3.25. The van der Waals surface area contributed by atoms with Crippen LogP contribution in [0.25, 0.3) is 11.9 Å². The van der Waals surface area contributed by atoms with Crippen LogP contribution in [0.4, 0.5) is 4.39 Å². The van der Waals surface area contributed by atoms with Gasteiger partial charge in [0.2, 0.25) is 16.9 Å². The first-order valence-corrected chi connectivity index (χ1v) is 11.5. The zero-order chi connectivity index (χ0) is 22.7. The molecule has 3 aromatic rings. The minimum atomic E-state index is -0.480. The average Bonchev–Trinajstić information content (AvgIpc) is 3.20. The first-order valence-electron chi connectivity index (χ1n) is 9.88. The number of morpholine rings is 1. The van der Waals surface area contributed by atoms with Crippen LogP contribution < -0.4 is 4.74 Å². The fraction of sp³-hybridized carbons (Fsp3) is 0.333. The highest BCUT2D eigenvalue weighted by atomic mass is 35.5. The Bertz CT molecular complexity index is 1150. The highest BCUT2D eigenvalue weighted by molar-refractivity contribution is 7.98. The Morgan fingerprint density at radius 2 is 2.28 bits per heavy atom. The molecule has 0 saturated carbocycles. The number of hydrogen-bond donors (Lipinski definition) is 0. The van der Waals surface area contributed by atoms with Crippen molar-refractivity contribution < 1.29 is 18.7 Å². The molecule has 3 heterocycles. The molecule has 0 radical (unpaired) electrons. The number of aryl methyl sites for hydroxylation is 1. The molecular formula is C21H21ClFN5O3S. The normalized spacial score (nSPS) is 16.8. The van der Waals surface area contributed by atoms with Crippen molar-refractivity contribution in [2.75, 3.05) is 32.6 Å². The maximum Gasteiger partial charge on any atom is 0.256 e. The molecule has 0 aliphatic carbocycles. The summed E-state index contributed by atoms with van der Waals surface area (Å²) in [6, 6.07) is 6.17. The molecule has 2 aromatic heterocycles. The lowest BCUT2D eigenvalue weighted by molar-refractivity contribution is -0.134. The predicted molar refractivity (Wildman–Crippen MR) is 120 cm³/mol. The van der Waals surface area contributed by atoms with E-state index >= 15 is 0 Å². The number of hydrogen-bond acceptors (Lipinski definition) is 7. The van der Waals surface area contributed by atoms with Gasteiger partial charge in [0, 0.05) is 29.9 Å². The van der Waals surface area contributed by atoms with E-state index in [1.165, 1.54) is 36.0 Å². The van der Waals surface area contributed by atoms with Gasteiger partial charge >= 0.3 is 0 Å². The third-order valence-corrected chi connectivity index (χ3v) is 5.70. The summed E-state index contributed by atoms with van der Waals surface area (Å²) in [5.74, 6) is 0.233. The highest BCUT2D eigenvalue weighted by Gasteiger charge is 2.24. The molecule has 1 aliphatic rings. The molecule has 4 rings (SSSR count). The Hall–Kier alpha value is -2.69. The van der Waals surface area contributed by atoms with Gasteiger partial charge in [0.25, 0.3) is 5.78 Å². The minimum Gasteiger partial charge on any atom is -0.475 e. The van der Waals surface area contributed by atoms with E-state index in [0.29, 0.717) is 36.5 Å². The number of thioether (sulfide) groups is 1. The van der Waals surface area contributed by atoms with Gasteiger partial charge in [0.05, 0.1) is 18.2 Å². The number of fused-ring (bicyclic) bond motifs is 1. The van der Waals surface area contributed by atoms with Gasteiger partial charge in [-0.25, -0.2) is 9.37 Å².